The summed E-state index contributed by atoms with van der Waals surface area (Å²) in [7, 11) is -5.19. The molecule has 10 nitrogen and oxygen atoms in total. The van der Waals surface area contributed by atoms with Gasteiger partial charge in [0.05, 0.1) is 16.5 Å². The van der Waals surface area contributed by atoms with E-state index >= 15 is 0 Å². The van der Waals surface area contributed by atoms with Gasteiger partial charge in [0, 0.05) is 28.8 Å². The zero-order valence-corrected chi connectivity index (χ0v) is 18.8. The van der Waals surface area contributed by atoms with E-state index in [1.54, 1.807) is 11.6 Å². The van der Waals surface area contributed by atoms with Crippen molar-refractivity contribution in [2.24, 2.45) is 0 Å². The van der Waals surface area contributed by atoms with Crippen molar-refractivity contribution < 1.29 is 35.7 Å². The van der Waals surface area contributed by atoms with Crippen molar-refractivity contribution in [3.05, 3.63) is 52.9 Å². The Bertz CT molecular complexity index is 1700. The van der Waals surface area contributed by atoms with Crippen LogP contribution in [0.2, 0.25) is 0 Å². The lowest BCUT2D eigenvalue weighted by molar-refractivity contribution is 0.202. The van der Waals surface area contributed by atoms with Gasteiger partial charge in [-0.05, 0) is 36.5 Å². The summed E-state index contributed by atoms with van der Waals surface area (Å²) in [5, 5.41) is 0. The molecular formula is C20H23BrN6O4S. The lowest BCUT2D eigenvalue weighted by atomic mass is 10.1. The molecule has 0 bridgehead atoms. The zero-order chi connectivity index (χ0) is 34.5. The van der Waals surface area contributed by atoms with Crippen LogP contribution in [0, 0.1) is 6.92 Å². The molecule has 3 aromatic rings. The summed E-state index contributed by atoms with van der Waals surface area (Å²) < 4.78 is 144. The Hall–Kier alpha value is -2.83. The number of halogens is 1. The van der Waals surface area contributed by atoms with Gasteiger partial charge in [0.1, 0.15) is 20.8 Å². The van der Waals surface area contributed by atoms with Gasteiger partial charge in [0.25, 0.3) is 10.2 Å². The van der Waals surface area contributed by atoms with Crippen LogP contribution in [-0.4, -0.2) is 48.0 Å². The lowest BCUT2D eigenvalue weighted by Crippen LogP contribution is -2.31. The van der Waals surface area contributed by atoms with Gasteiger partial charge < -0.3 is 9.47 Å². The number of nitrogens with zero attached hydrogens (tertiary/aromatic N) is 4. The highest BCUT2D eigenvalue weighted by Crippen LogP contribution is 2.34. The van der Waals surface area contributed by atoms with Crippen LogP contribution in [0.1, 0.15) is 36.7 Å². The maximum absolute atomic E-state index is 13.0. The minimum Gasteiger partial charge on any atom is -0.473 e. The van der Waals surface area contributed by atoms with E-state index in [9.17, 15) is 8.42 Å². The summed E-state index contributed by atoms with van der Waals surface area (Å²) in [6, 6.07) is -3.74. The predicted octanol–water partition coefficient (Wildman–Crippen LogP) is 3.12. The van der Waals surface area contributed by atoms with Crippen LogP contribution in [0.3, 0.4) is 0 Å². The van der Waals surface area contributed by atoms with Gasteiger partial charge in [-0.2, -0.15) is 13.1 Å². The molecule has 0 saturated heterocycles. The van der Waals surface area contributed by atoms with Crippen LogP contribution in [0.15, 0.2) is 47.3 Å². The quantitative estimate of drug-likeness (QED) is 0.383. The van der Waals surface area contributed by atoms with E-state index in [-0.39, 0.29) is 4.47 Å². The first-order valence-corrected chi connectivity index (χ1v) is 10.7. The van der Waals surface area contributed by atoms with Crippen LogP contribution in [0.4, 0.5) is 5.82 Å². The molecule has 0 aliphatic rings. The van der Waals surface area contributed by atoms with Crippen molar-refractivity contribution in [2.45, 2.75) is 20.2 Å². The molecule has 32 heavy (non-hydrogen) atoms. The van der Waals surface area contributed by atoms with E-state index in [1.807, 2.05) is 0 Å². The fraction of sp³-hybridized carbons (Fsp3) is 0.300. The van der Waals surface area contributed by atoms with E-state index in [2.05, 4.69) is 35.9 Å². The molecule has 1 aromatic carbocycles. The topological polar surface area (TPSA) is 128 Å². The maximum atomic E-state index is 13.0. The summed E-state index contributed by atoms with van der Waals surface area (Å²) in [4.78, 5) is 14.6. The number of hydrogen-bond donors (Lipinski definition) is 2. The Labute approximate surface area is 213 Å². The first-order chi connectivity index (χ1) is 20.3. The zero-order valence-electron chi connectivity index (χ0n) is 29.4. The van der Waals surface area contributed by atoms with E-state index in [1.165, 1.54) is 17.1 Å². The maximum Gasteiger partial charge on any atom is 0.316 e. The van der Waals surface area contributed by atoms with Gasteiger partial charge in [0.2, 0.25) is 5.88 Å². The molecule has 0 radical (unpaired) electrons. The molecule has 0 saturated carbocycles. The Balaban J connectivity index is 2.28. The number of aryl methyl sites for hydroxylation is 1. The molecule has 0 aliphatic carbocycles. The Morgan fingerprint density at radius 1 is 1.09 bits per heavy atom. The van der Waals surface area contributed by atoms with Gasteiger partial charge in [-0.1, -0.05) is 34.9 Å². The van der Waals surface area contributed by atoms with Gasteiger partial charge in [-0.15, -0.1) is 0 Å². The highest BCUT2D eigenvalue weighted by molar-refractivity contribution is 9.10. The van der Waals surface area contributed by atoms with Crippen LogP contribution in [-0.2, 0) is 10.2 Å². The second kappa shape index (κ2) is 11.2. The molecule has 12 heteroatoms. The minimum atomic E-state index is -5.19. The number of hydrogen-bond acceptors (Lipinski definition) is 8. The van der Waals surface area contributed by atoms with E-state index < -0.39 is 95.5 Å². The number of ether oxygens (including phenoxy) is 2. The van der Waals surface area contributed by atoms with Gasteiger partial charge >= 0.3 is 6.01 Å². The Morgan fingerprint density at radius 3 is 2.47 bits per heavy atom. The summed E-state index contributed by atoms with van der Waals surface area (Å²) >= 11 is 2.90. The van der Waals surface area contributed by atoms with Crippen molar-refractivity contribution in [2.75, 3.05) is 24.3 Å². The summed E-state index contributed by atoms with van der Waals surface area (Å²) in [6.45, 7) is -7.90. The standard InChI is InChI=1S/C20H23BrN6O4S/c1-3-8-26-32(28,29)27-18-17(15-4-6-16(21)7-5-15)19(25-13-24-18)30-9-10-31-20-22-11-14(2)12-23-20/h4-7,11-13,26H,3,8-10H2,1-2H3,(H,24,25,27)/i3D2,4D,5D,6D,7D,8D2,9D2,10D2,13D. The molecule has 3 rings (SSSR count). The third kappa shape index (κ3) is 6.84. The van der Waals surface area contributed by atoms with Crippen molar-refractivity contribution in [1.82, 2.24) is 24.7 Å². The predicted molar refractivity (Wildman–Crippen MR) is 124 cm³/mol. The molecular weight excluding hydrogens is 500 g/mol. The fourth-order valence-corrected chi connectivity index (χ4v) is 2.86. The first-order valence-electron chi connectivity index (χ1n) is 14.9. The summed E-state index contributed by atoms with van der Waals surface area (Å²) in [5.41, 5.74) is -1.15. The smallest absolute Gasteiger partial charge is 0.316 e. The van der Waals surface area contributed by atoms with Crippen molar-refractivity contribution in [3.8, 4) is 23.0 Å². The first kappa shape index (κ1) is 11.9. The van der Waals surface area contributed by atoms with E-state index in [4.69, 9.17) is 27.3 Å². The normalized spacial score (nSPS) is 18.9. The van der Waals surface area contributed by atoms with Crippen molar-refractivity contribution in [3.63, 3.8) is 0 Å². The van der Waals surface area contributed by atoms with Crippen LogP contribution in [0.25, 0.3) is 11.1 Å². The second-order valence-corrected chi connectivity index (χ2v) is 7.78. The molecule has 0 amide bonds. The van der Waals surface area contributed by atoms with Gasteiger partial charge in [-0.3, -0.25) is 4.72 Å². The van der Waals surface area contributed by atoms with E-state index in [0.29, 0.717) is 5.56 Å². The number of rotatable bonds is 11. The third-order valence-electron chi connectivity index (χ3n) is 3.24. The highest BCUT2D eigenvalue weighted by Gasteiger charge is 2.19. The Morgan fingerprint density at radius 2 is 1.78 bits per heavy atom. The summed E-state index contributed by atoms with van der Waals surface area (Å²) in [6.07, 6.45) is -1.37. The molecule has 0 spiro atoms. The van der Waals surface area contributed by atoms with Crippen LogP contribution in [0.5, 0.6) is 11.9 Å². The fourth-order valence-electron chi connectivity index (χ4n) is 1.97. The molecule has 0 unspecified atom stereocenters. The number of benzene rings is 1. The van der Waals surface area contributed by atoms with Crippen LogP contribution < -0.4 is 18.9 Å². The molecule has 0 atom stereocenters. The largest absolute Gasteiger partial charge is 0.473 e. The van der Waals surface area contributed by atoms with Crippen molar-refractivity contribution in [1.29, 1.82) is 0 Å². The third-order valence-corrected chi connectivity index (χ3v) is 4.47. The molecule has 2 N–H and O–H groups in total. The number of aromatic nitrogens is 4. The van der Waals surface area contributed by atoms with Gasteiger partial charge in [-0.25, -0.2) is 19.9 Å². The van der Waals surface area contributed by atoms with Crippen molar-refractivity contribution >= 4 is 32.0 Å². The SMILES string of the molecule is [2H]c1nc(NS(=O)(=O)NC([2H])([2H])C([2H])([2H])C)c(-c2c([2H])c([2H])c(Br)c([2H])c2[2H])c(OC([2H])([2H])C([2H])([2H])Oc2ncc(C)cn2)n1. The van der Waals surface area contributed by atoms with Crippen LogP contribution >= 0.6 is 15.9 Å². The highest BCUT2D eigenvalue weighted by atomic mass is 79.9. The minimum absolute atomic E-state index is 0.318. The second-order valence-electron chi connectivity index (χ2n) is 5.58. The number of anilines is 1. The molecule has 2 aromatic heterocycles. The average Bonchev–Trinajstić information content (AvgIpc) is 2.87. The van der Waals surface area contributed by atoms with E-state index in [0.717, 1.165) is 6.92 Å². The molecule has 2 heterocycles. The molecule has 170 valence electrons. The Kier molecular flexibility index (Phi) is 4.14. The summed E-state index contributed by atoms with van der Waals surface area (Å²) in [5.74, 6) is -2.22. The lowest BCUT2D eigenvalue weighted by Gasteiger charge is -2.15. The molecule has 0 aliphatic heterocycles. The molecule has 0 fully saturated rings. The average molecular weight is 536 g/mol. The monoisotopic (exact) mass is 535 g/mol. The van der Waals surface area contributed by atoms with Gasteiger partial charge in [0.15, 0.2) is 5.82 Å². The number of nitrogens with one attached hydrogen (secondary N) is 2.